The summed E-state index contributed by atoms with van der Waals surface area (Å²) in [5, 5.41) is 8.53. The van der Waals surface area contributed by atoms with Crippen molar-refractivity contribution in [3.05, 3.63) is 17.7 Å². The lowest BCUT2D eigenvalue weighted by Gasteiger charge is -2.13. The third kappa shape index (κ3) is 4.34. The Morgan fingerprint density at radius 2 is 2.05 bits per heavy atom. The molecule has 0 aliphatic rings. The lowest BCUT2D eigenvalue weighted by atomic mass is 10.2. The van der Waals surface area contributed by atoms with Crippen molar-refractivity contribution in [2.24, 2.45) is 0 Å². The number of nitrogens with one attached hydrogen (secondary N) is 1. The van der Waals surface area contributed by atoms with Crippen LogP contribution in [0.1, 0.15) is 5.56 Å². The smallest absolute Gasteiger partial charge is 0.244 e. The number of hydrogen-bond acceptors (Lipinski definition) is 6. The van der Waals surface area contributed by atoms with Gasteiger partial charge in [0.15, 0.2) is 0 Å². The summed E-state index contributed by atoms with van der Waals surface area (Å²) in [5.74, 6) is 0.237. The molecule has 0 atom stereocenters. The van der Waals surface area contributed by atoms with Gasteiger partial charge in [0.2, 0.25) is 10.0 Å². The number of benzene rings is 1. The van der Waals surface area contributed by atoms with Crippen LogP contribution in [0.25, 0.3) is 0 Å². The van der Waals surface area contributed by atoms with Crippen LogP contribution in [0.5, 0.6) is 5.75 Å². The van der Waals surface area contributed by atoms with E-state index in [4.69, 9.17) is 20.3 Å². The van der Waals surface area contributed by atoms with Crippen LogP contribution in [0.2, 0.25) is 0 Å². The number of aliphatic hydroxyl groups excluding tert-OH is 1. The maximum absolute atomic E-state index is 12.2. The fourth-order valence-corrected chi connectivity index (χ4v) is 2.74. The summed E-state index contributed by atoms with van der Waals surface area (Å²) in [6, 6.07) is 2.94. The molecule has 7 nitrogen and oxygen atoms in total. The van der Waals surface area contributed by atoms with Crippen LogP contribution in [0.3, 0.4) is 0 Å². The molecule has 0 bridgehead atoms. The highest BCUT2D eigenvalue weighted by Gasteiger charge is 2.20. The number of sulfonamides is 1. The number of hydrogen-bond donors (Lipinski definition) is 3. The molecule has 0 aliphatic heterocycles. The minimum atomic E-state index is -3.73. The highest BCUT2D eigenvalue weighted by Crippen LogP contribution is 2.28. The molecule has 0 fully saturated rings. The van der Waals surface area contributed by atoms with E-state index in [1.165, 1.54) is 13.2 Å². The van der Waals surface area contributed by atoms with E-state index in [1.807, 2.05) is 0 Å². The van der Waals surface area contributed by atoms with Gasteiger partial charge in [0.05, 0.1) is 26.9 Å². The van der Waals surface area contributed by atoms with Crippen molar-refractivity contribution in [2.75, 3.05) is 39.2 Å². The molecule has 4 N–H and O–H groups in total. The van der Waals surface area contributed by atoms with Crippen molar-refractivity contribution in [1.82, 2.24) is 4.72 Å². The average Bonchev–Trinajstić information content (AvgIpc) is 2.41. The van der Waals surface area contributed by atoms with Crippen molar-refractivity contribution >= 4 is 15.7 Å². The van der Waals surface area contributed by atoms with Crippen molar-refractivity contribution in [2.45, 2.75) is 11.8 Å². The molecule has 0 spiro atoms. The number of rotatable bonds is 8. The average molecular weight is 304 g/mol. The van der Waals surface area contributed by atoms with Gasteiger partial charge >= 0.3 is 0 Å². The fourth-order valence-electron chi connectivity index (χ4n) is 1.54. The molecule has 0 aliphatic carbocycles. The third-order valence-electron chi connectivity index (χ3n) is 2.62. The molecule has 0 amide bonds. The molecule has 1 aromatic carbocycles. The Morgan fingerprint density at radius 3 is 2.65 bits per heavy atom. The van der Waals surface area contributed by atoms with E-state index in [0.717, 1.165) is 5.56 Å². The first kappa shape index (κ1) is 16.7. The second-order valence-corrected chi connectivity index (χ2v) is 5.83. The molecule has 8 heteroatoms. The summed E-state index contributed by atoms with van der Waals surface area (Å²) in [5.41, 5.74) is 6.86. The summed E-state index contributed by atoms with van der Waals surface area (Å²) in [6.07, 6.45) is 0. The summed E-state index contributed by atoms with van der Waals surface area (Å²) in [7, 11) is -2.33. The van der Waals surface area contributed by atoms with Crippen LogP contribution < -0.4 is 15.2 Å². The highest BCUT2D eigenvalue weighted by molar-refractivity contribution is 7.89. The molecule has 0 saturated carbocycles. The normalized spacial score (nSPS) is 11.6. The second-order valence-electron chi connectivity index (χ2n) is 4.09. The van der Waals surface area contributed by atoms with Gasteiger partial charge in [0.1, 0.15) is 10.6 Å². The predicted molar refractivity (Wildman–Crippen MR) is 75.2 cm³/mol. The van der Waals surface area contributed by atoms with Gasteiger partial charge in [-0.25, -0.2) is 13.1 Å². The van der Waals surface area contributed by atoms with Crippen LogP contribution in [0.4, 0.5) is 5.69 Å². The summed E-state index contributed by atoms with van der Waals surface area (Å²) < 4.78 is 36.8. The minimum Gasteiger partial charge on any atom is -0.495 e. The number of nitrogen functional groups attached to an aromatic ring is 1. The summed E-state index contributed by atoms with van der Waals surface area (Å²) in [6.45, 7) is 2.10. The monoisotopic (exact) mass is 304 g/mol. The Morgan fingerprint density at radius 1 is 1.35 bits per heavy atom. The molecule has 20 heavy (non-hydrogen) atoms. The molecule has 0 saturated heterocycles. The van der Waals surface area contributed by atoms with E-state index in [0.29, 0.717) is 5.69 Å². The lowest BCUT2D eigenvalue weighted by Crippen LogP contribution is -2.28. The van der Waals surface area contributed by atoms with E-state index < -0.39 is 10.0 Å². The maximum atomic E-state index is 12.2. The Hall–Kier alpha value is -1.35. The minimum absolute atomic E-state index is 0.00902. The summed E-state index contributed by atoms with van der Waals surface area (Å²) >= 11 is 0. The van der Waals surface area contributed by atoms with Crippen LogP contribution in [-0.4, -0.2) is 47.0 Å². The van der Waals surface area contributed by atoms with Gasteiger partial charge in [0.25, 0.3) is 0 Å². The number of anilines is 1. The molecule has 0 heterocycles. The van der Waals surface area contributed by atoms with Crippen molar-refractivity contribution in [1.29, 1.82) is 0 Å². The van der Waals surface area contributed by atoms with Gasteiger partial charge in [-0.1, -0.05) is 0 Å². The molecule has 0 radical (unpaired) electrons. The van der Waals surface area contributed by atoms with Gasteiger partial charge < -0.3 is 20.3 Å². The first-order valence-electron chi connectivity index (χ1n) is 6.04. The Balaban J connectivity index is 2.84. The van der Waals surface area contributed by atoms with Gasteiger partial charge in [-0.15, -0.1) is 0 Å². The zero-order valence-corrected chi connectivity index (χ0v) is 12.4. The maximum Gasteiger partial charge on any atom is 0.244 e. The largest absolute Gasteiger partial charge is 0.495 e. The topological polar surface area (TPSA) is 111 Å². The number of aryl methyl sites for hydroxylation is 1. The number of nitrogens with two attached hydrogens (primary N) is 1. The Labute approximate surface area is 118 Å². The van der Waals surface area contributed by atoms with Gasteiger partial charge in [-0.2, -0.15) is 0 Å². The van der Waals surface area contributed by atoms with E-state index in [-0.39, 0.29) is 37.0 Å². The molecular weight excluding hydrogens is 284 g/mol. The molecule has 0 unspecified atom stereocenters. The zero-order chi connectivity index (χ0) is 15.2. The summed E-state index contributed by atoms with van der Waals surface area (Å²) in [4.78, 5) is -0.00902. The van der Waals surface area contributed by atoms with E-state index in [1.54, 1.807) is 13.0 Å². The van der Waals surface area contributed by atoms with Gasteiger partial charge in [-0.05, 0) is 24.6 Å². The first-order valence-corrected chi connectivity index (χ1v) is 7.53. The highest BCUT2D eigenvalue weighted by atomic mass is 32.2. The lowest BCUT2D eigenvalue weighted by molar-refractivity contribution is 0.0961. The fraction of sp³-hybridized carbons (Fsp3) is 0.500. The van der Waals surface area contributed by atoms with E-state index in [9.17, 15) is 8.42 Å². The van der Waals surface area contributed by atoms with Crippen LogP contribution in [0, 0.1) is 6.92 Å². The number of aliphatic hydroxyl groups is 1. The molecule has 1 rings (SSSR count). The number of methoxy groups -OCH3 is 1. The van der Waals surface area contributed by atoms with Crippen molar-refractivity contribution < 1.29 is 23.0 Å². The van der Waals surface area contributed by atoms with Crippen molar-refractivity contribution in [3.8, 4) is 5.75 Å². The SMILES string of the molecule is COc1cc(C)c(N)cc1S(=O)(=O)NCCOCCO. The predicted octanol–water partition coefficient (Wildman–Crippen LogP) is -0.127. The molecule has 114 valence electrons. The molecule has 0 aromatic heterocycles. The molecule has 1 aromatic rings. The van der Waals surface area contributed by atoms with E-state index in [2.05, 4.69) is 4.72 Å². The standard InChI is InChI=1S/C12H20N2O5S/c1-9-7-11(18-2)12(8-10(9)13)20(16,17)14-3-5-19-6-4-15/h7-8,14-15H,3-6,13H2,1-2H3. The Bertz CT molecular complexity index is 545. The molecular formula is C12H20N2O5S. The van der Waals surface area contributed by atoms with Gasteiger partial charge in [0, 0.05) is 12.2 Å². The van der Waals surface area contributed by atoms with E-state index >= 15 is 0 Å². The van der Waals surface area contributed by atoms with Gasteiger partial charge in [-0.3, -0.25) is 0 Å². The zero-order valence-electron chi connectivity index (χ0n) is 11.5. The van der Waals surface area contributed by atoms with Crippen LogP contribution in [0.15, 0.2) is 17.0 Å². The third-order valence-corrected chi connectivity index (χ3v) is 4.10. The van der Waals surface area contributed by atoms with Crippen LogP contribution in [-0.2, 0) is 14.8 Å². The Kier molecular flexibility index (Phi) is 6.21. The second kappa shape index (κ2) is 7.44. The van der Waals surface area contributed by atoms with Crippen molar-refractivity contribution in [3.63, 3.8) is 0 Å². The quantitative estimate of drug-likeness (QED) is 0.456. The first-order chi connectivity index (χ1) is 9.42. The number of ether oxygens (including phenoxy) is 2. The van der Waals surface area contributed by atoms with Crippen LogP contribution >= 0.6 is 0 Å².